The average molecular weight is 290 g/mol. The summed E-state index contributed by atoms with van der Waals surface area (Å²) in [5.41, 5.74) is 1.26. The van der Waals surface area contributed by atoms with Gasteiger partial charge in [0.2, 0.25) is 5.91 Å². The molecule has 0 unspecified atom stereocenters. The lowest BCUT2D eigenvalue weighted by Gasteiger charge is -2.33. The number of amides is 1. The van der Waals surface area contributed by atoms with Crippen LogP contribution >= 0.6 is 0 Å². The van der Waals surface area contributed by atoms with Gasteiger partial charge in [-0.1, -0.05) is 26.0 Å². The van der Waals surface area contributed by atoms with Crippen molar-refractivity contribution in [3.63, 3.8) is 0 Å². The number of nitrogens with one attached hydrogen (secondary N) is 1. The Morgan fingerprint density at radius 2 is 1.90 bits per heavy atom. The maximum atomic E-state index is 11.9. The first-order valence-electron chi connectivity index (χ1n) is 7.75. The minimum absolute atomic E-state index is 0.105. The SMILES string of the molecule is COc1ccc(CNC2CCN(C(=O)C(C)C)CC2)cc1. The van der Waals surface area contributed by atoms with Crippen LogP contribution < -0.4 is 10.1 Å². The van der Waals surface area contributed by atoms with E-state index in [0.29, 0.717) is 6.04 Å². The summed E-state index contributed by atoms with van der Waals surface area (Å²) in [7, 11) is 1.68. The second kappa shape index (κ2) is 7.46. The van der Waals surface area contributed by atoms with E-state index in [0.717, 1.165) is 38.2 Å². The molecule has 1 aromatic carbocycles. The van der Waals surface area contributed by atoms with Gasteiger partial charge in [-0.2, -0.15) is 0 Å². The molecule has 116 valence electrons. The van der Waals surface area contributed by atoms with Crippen LogP contribution in [-0.2, 0) is 11.3 Å². The molecule has 0 spiro atoms. The second-order valence-corrected chi connectivity index (χ2v) is 5.98. The third kappa shape index (κ3) is 4.46. The Bertz CT molecular complexity index is 448. The summed E-state index contributed by atoms with van der Waals surface area (Å²) >= 11 is 0. The molecule has 2 rings (SSSR count). The van der Waals surface area contributed by atoms with Gasteiger partial charge in [-0.15, -0.1) is 0 Å². The molecule has 21 heavy (non-hydrogen) atoms. The summed E-state index contributed by atoms with van der Waals surface area (Å²) in [6.07, 6.45) is 2.07. The van der Waals surface area contributed by atoms with E-state index in [2.05, 4.69) is 17.4 Å². The highest BCUT2D eigenvalue weighted by Gasteiger charge is 2.23. The first-order chi connectivity index (χ1) is 10.1. The van der Waals surface area contributed by atoms with Gasteiger partial charge in [-0.25, -0.2) is 0 Å². The van der Waals surface area contributed by atoms with Gasteiger partial charge < -0.3 is 15.0 Å². The molecule has 4 heteroatoms. The Kier molecular flexibility index (Phi) is 5.62. The van der Waals surface area contributed by atoms with Crippen molar-refractivity contribution in [1.82, 2.24) is 10.2 Å². The first-order valence-corrected chi connectivity index (χ1v) is 7.75. The molecule has 1 N–H and O–H groups in total. The third-order valence-corrected chi connectivity index (χ3v) is 4.05. The zero-order chi connectivity index (χ0) is 15.2. The van der Waals surface area contributed by atoms with E-state index in [9.17, 15) is 4.79 Å². The molecular formula is C17H26N2O2. The van der Waals surface area contributed by atoms with Crippen molar-refractivity contribution in [3.05, 3.63) is 29.8 Å². The largest absolute Gasteiger partial charge is 0.497 e. The number of carbonyl (C=O) groups is 1. The lowest BCUT2D eigenvalue weighted by molar-refractivity contribution is -0.135. The van der Waals surface area contributed by atoms with Crippen molar-refractivity contribution in [2.75, 3.05) is 20.2 Å². The topological polar surface area (TPSA) is 41.6 Å². The average Bonchev–Trinajstić information content (AvgIpc) is 2.53. The molecule has 4 nitrogen and oxygen atoms in total. The van der Waals surface area contributed by atoms with Crippen molar-refractivity contribution in [3.8, 4) is 5.75 Å². The highest BCUT2D eigenvalue weighted by atomic mass is 16.5. The van der Waals surface area contributed by atoms with Gasteiger partial charge in [0.05, 0.1) is 7.11 Å². The number of methoxy groups -OCH3 is 1. The number of nitrogens with zero attached hydrogens (tertiary/aromatic N) is 1. The number of hydrogen-bond donors (Lipinski definition) is 1. The summed E-state index contributed by atoms with van der Waals surface area (Å²) in [4.78, 5) is 13.9. The fourth-order valence-electron chi connectivity index (χ4n) is 2.67. The molecule has 0 bridgehead atoms. The number of hydrogen-bond acceptors (Lipinski definition) is 3. The number of carbonyl (C=O) groups excluding carboxylic acids is 1. The van der Waals surface area contributed by atoms with E-state index in [1.165, 1.54) is 5.56 Å². The monoisotopic (exact) mass is 290 g/mol. The molecule has 0 atom stereocenters. The molecule has 1 fully saturated rings. The van der Waals surface area contributed by atoms with Crippen LogP contribution in [0.5, 0.6) is 5.75 Å². The molecule has 1 heterocycles. The highest BCUT2D eigenvalue weighted by Crippen LogP contribution is 2.15. The molecular weight excluding hydrogens is 264 g/mol. The van der Waals surface area contributed by atoms with Gasteiger partial charge in [0.1, 0.15) is 5.75 Å². The zero-order valence-corrected chi connectivity index (χ0v) is 13.3. The number of ether oxygens (including phenoxy) is 1. The minimum atomic E-state index is 0.105. The van der Waals surface area contributed by atoms with Crippen LogP contribution in [0.3, 0.4) is 0 Å². The molecule has 1 aromatic rings. The van der Waals surface area contributed by atoms with Gasteiger partial charge in [0.15, 0.2) is 0 Å². The Hall–Kier alpha value is -1.55. The van der Waals surface area contributed by atoms with Crippen LogP contribution in [0.25, 0.3) is 0 Å². The number of piperidine rings is 1. The normalized spacial score (nSPS) is 16.3. The molecule has 1 aliphatic heterocycles. The summed E-state index contributed by atoms with van der Waals surface area (Å²) in [5, 5.41) is 3.59. The second-order valence-electron chi connectivity index (χ2n) is 5.98. The van der Waals surface area contributed by atoms with E-state index in [1.807, 2.05) is 30.9 Å². The van der Waals surface area contributed by atoms with E-state index < -0.39 is 0 Å². The van der Waals surface area contributed by atoms with E-state index in [1.54, 1.807) is 7.11 Å². The maximum absolute atomic E-state index is 11.9. The number of likely N-dealkylation sites (tertiary alicyclic amines) is 1. The summed E-state index contributed by atoms with van der Waals surface area (Å²) < 4.78 is 5.16. The highest BCUT2D eigenvalue weighted by molar-refractivity contribution is 5.78. The van der Waals surface area contributed by atoms with E-state index in [4.69, 9.17) is 4.74 Å². The molecule has 0 aliphatic carbocycles. The van der Waals surface area contributed by atoms with E-state index >= 15 is 0 Å². The minimum Gasteiger partial charge on any atom is -0.497 e. The van der Waals surface area contributed by atoms with Crippen LogP contribution in [0.4, 0.5) is 0 Å². The van der Waals surface area contributed by atoms with Gasteiger partial charge in [-0.3, -0.25) is 4.79 Å². The summed E-state index contributed by atoms with van der Waals surface area (Å²) in [5.74, 6) is 1.27. The molecule has 0 radical (unpaired) electrons. The van der Waals surface area contributed by atoms with Crippen molar-refractivity contribution >= 4 is 5.91 Å². The molecule has 1 amide bonds. The number of benzene rings is 1. The lowest BCUT2D eigenvalue weighted by Crippen LogP contribution is -2.45. The van der Waals surface area contributed by atoms with Crippen molar-refractivity contribution < 1.29 is 9.53 Å². The fraction of sp³-hybridized carbons (Fsp3) is 0.588. The Morgan fingerprint density at radius 1 is 1.29 bits per heavy atom. The first kappa shape index (κ1) is 15.8. The quantitative estimate of drug-likeness (QED) is 0.905. The lowest BCUT2D eigenvalue weighted by atomic mass is 10.0. The zero-order valence-electron chi connectivity index (χ0n) is 13.3. The summed E-state index contributed by atoms with van der Waals surface area (Å²) in [6.45, 7) is 6.55. The Morgan fingerprint density at radius 3 is 2.43 bits per heavy atom. The number of rotatable bonds is 5. The van der Waals surface area contributed by atoms with Crippen LogP contribution in [-0.4, -0.2) is 37.0 Å². The Balaban J connectivity index is 1.74. The molecule has 0 aromatic heterocycles. The van der Waals surface area contributed by atoms with Gasteiger partial charge in [-0.05, 0) is 30.5 Å². The third-order valence-electron chi connectivity index (χ3n) is 4.05. The maximum Gasteiger partial charge on any atom is 0.225 e. The standard InChI is InChI=1S/C17H26N2O2/c1-13(2)17(20)19-10-8-15(9-11-19)18-12-14-4-6-16(21-3)7-5-14/h4-7,13,15,18H,8-12H2,1-3H3. The van der Waals surface area contributed by atoms with Gasteiger partial charge in [0.25, 0.3) is 0 Å². The Labute approximate surface area is 127 Å². The van der Waals surface area contributed by atoms with Crippen molar-refractivity contribution in [2.24, 2.45) is 5.92 Å². The van der Waals surface area contributed by atoms with Crippen LogP contribution in [0.1, 0.15) is 32.3 Å². The predicted octanol–water partition coefficient (Wildman–Crippen LogP) is 2.43. The molecule has 0 saturated carbocycles. The van der Waals surface area contributed by atoms with Gasteiger partial charge in [0, 0.05) is 31.6 Å². The van der Waals surface area contributed by atoms with Crippen molar-refractivity contribution in [1.29, 1.82) is 0 Å². The van der Waals surface area contributed by atoms with Gasteiger partial charge >= 0.3 is 0 Å². The predicted molar refractivity (Wildman–Crippen MR) is 84.3 cm³/mol. The summed E-state index contributed by atoms with van der Waals surface area (Å²) in [6, 6.07) is 8.65. The molecule has 1 aliphatic rings. The van der Waals surface area contributed by atoms with Crippen LogP contribution in [0, 0.1) is 5.92 Å². The molecule has 1 saturated heterocycles. The fourth-order valence-corrected chi connectivity index (χ4v) is 2.67. The van der Waals surface area contributed by atoms with Crippen LogP contribution in [0.2, 0.25) is 0 Å². The van der Waals surface area contributed by atoms with Crippen molar-refractivity contribution in [2.45, 2.75) is 39.3 Å². The smallest absolute Gasteiger partial charge is 0.225 e. The van der Waals surface area contributed by atoms with E-state index in [-0.39, 0.29) is 11.8 Å². The van der Waals surface area contributed by atoms with Crippen LogP contribution in [0.15, 0.2) is 24.3 Å².